The zero-order chi connectivity index (χ0) is 45.7. The molecule has 1 aliphatic rings. The molecule has 0 aliphatic heterocycles. The van der Waals surface area contributed by atoms with Crippen LogP contribution in [-0.2, 0) is 32.7 Å². The van der Waals surface area contributed by atoms with Gasteiger partial charge in [0.25, 0.3) is 0 Å². The molecule has 1 fully saturated rings. The van der Waals surface area contributed by atoms with Crippen LogP contribution in [0.5, 0.6) is 0 Å². The lowest BCUT2D eigenvalue weighted by atomic mass is 9.89. The van der Waals surface area contributed by atoms with E-state index in [4.69, 9.17) is 19.1 Å². The van der Waals surface area contributed by atoms with E-state index in [0.29, 0.717) is 32.1 Å². The summed E-state index contributed by atoms with van der Waals surface area (Å²) >= 11 is 0. The number of carbonyl (C=O) groups excluding carboxylic acids is 2. The molecule has 62 heavy (non-hydrogen) atoms. The summed E-state index contributed by atoms with van der Waals surface area (Å²) in [7, 11) is -4.70. The highest BCUT2D eigenvalue weighted by atomic mass is 31.2. The molecule has 0 spiro atoms. The Hall–Kier alpha value is -2.97. The van der Waals surface area contributed by atoms with E-state index in [1.54, 1.807) is 6.08 Å². The number of aliphatic hydroxyl groups is 5. The zero-order valence-electron chi connectivity index (χ0n) is 37.4. The summed E-state index contributed by atoms with van der Waals surface area (Å²) in [5.74, 6) is -1.64. The van der Waals surface area contributed by atoms with E-state index >= 15 is 0 Å². The van der Waals surface area contributed by atoms with Gasteiger partial charge in [-0.1, -0.05) is 125 Å². The fourth-order valence-corrected chi connectivity index (χ4v) is 7.33. The topological polar surface area (TPSA) is 210 Å². The number of hydrogen-bond donors (Lipinski definition) is 6. The number of carbonyl (C=O) groups is 2. The van der Waals surface area contributed by atoms with E-state index in [-0.39, 0.29) is 31.1 Å². The van der Waals surface area contributed by atoms with Gasteiger partial charge >= 0.3 is 19.8 Å². The number of phosphoric acid groups is 1. The van der Waals surface area contributed by atoms with Gasteiger partial charge in [-0.2, -0.15) is 0 Å². The van der Waals surface area contributed by atoms with Gasteiger partial charge in [-0.05, 0) is 83.0 Å². The average molecular weight is 895 g/mol. The van der Waals surface area contributed by atoms with Crippen molar-refractivity contribution in [1.82, 2.24) is 0 Å². The molecule has 0 radical (unpaired) electrons. The lowest BCUT2D eigenvalue weighted by Gasteiger charge is -2.20. The van der Waals surface area contributed by atoms with Gasteiger partial charge in [0.05, 0.1) is 38.1 Å². The summed E-state index contributed by atoms with van der Waals surface area (Å²) in [4.78, 5) is 35.2. The minimum Gasteiger partial charge on any atom is -0.462 e. The summed E-state index contributed by atoms with van der Waals surface area (Å²) in [6.07, 6.45) is 37.8. The highest BCUT2D eigenvalue weighted by Gasteiger charge is 2.39. The van der Waals surface area contributed by atoms with Crippen molar-refractivity contribution >= 4 is 19.8 Å². The maximum Gasteiger partial charge on any atom is 0.472 e. The van der Waals surface area contributed by atoms with Gasteiger partial charge in [0.1, 0.15) is 12.7 Å². The molecule has 0 amide bonds. The zero-order valence-corrected chi connectivity index (χ0v) is 38.3. The van der Waals surface area contributed by atoms with Crippen LogP contribution in [-0.4, -0.2) is 99.3 Å². The molecule has 13 nitrogen and oxygen atoms in total. The first-order valence-corrected chi connectivity index (χ1v) is 24.3. The fourth-order valence-electron chi connectivity index (χ4n) is 6.54. The number of rotatable bonds is 37. The molecule has 0 heterocycles. The Bertz CT molecular complexity index is 1420. The summed E-state index contributed by atoms with van der Waals surface area (Å²) in [5.41, 5.74) is 0. The fraction of sp³-hybridized carbons (Fsp3) is 0.667. The number of ether oxygens (including phenoxy) is 2. The van der Waals surface area contributed by atoms with Gasteiger partial charge in [0.2, 0.25) is 0 Å². The Morgan fingerprint density at radius 1 is 0.694 bits per heavy atom. The van der Waals surface area contributed by atoms with Crippen LogP contribution in [0.3, 0.4) is 0 Å². The molecule has 1 aliphatic carbocycles. The third-order valence-electron chi connectivity index (χ3n) is 10.1. The van der Waals surface area contributed by atoms with Crippen molar-refractivity contribution in [2.45, 2.75) is 166 Å². The lowest BCUT2D eigenvalue weighted by molar-refractivity contribution is -0.161. The van der Waals surface area contributed by atoms with Crippen molar-refractivity contribution in [2.24, 2.45) is 11.8 Å². The Morgan fingerprint density at radius 3 is 1.94 bits per heavy atom. The molecule has 1 unspecified atom stereocenters. The van der Waals surface area contributed by atoms with E-state index in [1.165, 1.54) is 0 Å². The Labute approximate surface area is 371 Å². The molecule has 14 heteroatoms. The molecule has 0 bridgehead atoms. The monoisotopic (exact) mass is 895 g/mol. The quantitative estimate of drug-likeness (QED) is 0.0150. The largest absolute Gasteiger partial charge is 0.472 e. The standard InChI is InChI=1S/C48H79O13P/c1-3-5-7-8-9-10-11-12-13-14-15-16-17-18-19-20-21-22-27-31-47(54)58-38-42(39-60-62(56,57)59-37-41(51)36-49)61-48(55)32-28-24-23-26-30-43-44(46(53)35-45(43)52)34-33-40(50)29-25-6-4-2/h5,7,9-10,12-13,15-16,18-19,23,26,33-34,40-46,49-53H,3-4,6,8,11,14,17,20-22,24-25,27-32,35-39H2,1-2H3,(H,56,57)/b7-5-,10-9-,13-12-,16-15-,19-18-,26-23+,34-33+/t40-,41-,42+,43+,44+,45-,46+/m0/s1. The van der Waals surface area contributed by atoms with Crippen LogP contribution in [0.25, 0.3) is 0 Å². The first kappa shape index (κ1) is 57.0. The maximum atomic E-state index is 12.7. The highest BCUT2D eigenvalue weighted by molar-refractivity contribution is 7.47. The van der Waals surface area contributed by atoms with E-state index in [1.807, 2.05) is 18.2 Å². The van der Waals surface area contributed by atoms with Crippen molar-refractivity contribution < 1.29 is 63.1 Å². The molecular weight excluding hydrogens is 815 g/mol. The third-order valence-corrected chi connectivity index (χ3v) is 11.1. The van der Waals surface area contributed by atoms with Gasteiger partial charge in [-0.25, -0.2) is 4.57 Å². The SMILES string of the molecule is CC/C=C\C/C=C\C/C=C\C/C=C\C/C=C\CCCCCC(=O)OC[C@H](COP(=O)(O)OC[C@@H](O)CO)OC(=O)CCC/C=C/C[C@@H]1[C@@H](/C=C/[C@@H](O)CCCCC)[C@H](O)C[C@@H]1O. The summed E-state index contributed by atoms with van der Waals surface area (Å²) in [6.45, 7) is 1.83. The molecule has 354 valence electrons. The normalized spacial score (nSPS) is 21.1. The second kappa shape index (κ2) is 37.4. The van der Waals surface area contributed by atoms with Crippen molar-refractivity contribution in [3.8, 4) is 0 Å². The van der Waals surface area contributed by atoms with Crippen molar-refractivity contribution in [1.29, 1.82) is 0 Å². The smallest absolute Gasteiger partial charge is 0.462 e. The summed E-state index contributed by atoms with van der Waals surface area (Å²) in [5, 5.41) is 49.7. The van der Waals surface area contributed by atoms with Crippen LogP contribution < -0.4 is 0 Å². The molecule has 0 aromatic heterocycles. The predicted molar refractivity (Wildman–Crippen MR) is 244 cm³/mol. The van der Waals surface area contributed by atoms with Crippen LogP contribution in [0, 0.1) is 11.8 Å². The highest BCUT2D eigenvalue weighted by Crippen LogP contribution is 2.43. The van der Waals surface area contributed by atoms with Crippen LogP contribution in [0.1, 0.15) is 136 Å². The van der Waals surface area contributed by atoms with Crippen molar-refractivity contribution in [3.05, 3.63) is 85.1 Å². The number of esters is 2. The van der Waals surface area contributed by atoms with Gasteiger partial charge in [-0.3, -0.25) is 18.6 Å². The number of phosphoric ester groups is 1. The molecule has 0 saturated heterocycles. The van der Waals surface area contributed by atoms with E-state index in [2.05, 4.69) is 79.1 Å². The second-order valence-corrected chi connectivity index (χ2v) is 17.1. The molecule has 6 N–H and O–H groups in total. The summed E-state index contributed by atoms with van der Waals surface area (Å²) in [6, 6.07) is 0. The molecule has 8 atom stereocenters. The number of allylic oxidation sites excluding steroid dienone is 12. The van der Waals surface area contributed by atoms with E-state index in [0.717, 1.165) is 70.6 Å². The first-order chi connectivity index (χ1) is 29.9. The van der Waals surface area contributed by atoms with Gasteiger partial charge < -0.3 is 39.9 Å². The van der Waals surface area contributed by atoms with Crippen LogP contribution in [0.15, 0.2) is 85.1 Å². The van der Waals surface area contributed by atoms with Gasteiger partial charge in [-0.15, -0.1) is 0 Å². The molecule has 1 rings (SSSR count). The molecular formula is C48H79O13P. The first-order valence-electron chi connectivity index (χ1n) is 22.8. The number of aliphatic hydroxyl groups excluding tert-OH is 5. The average Bonchev–Trinajstić information content (AvgIpc) is 3.52. The lowest BCUT2D eigenvalue weighted by Crippen LogP contribution is -2.29. The van der Waals surface area contributed by atoms with Gasteiger partial charge in [0.15, 0.2) is 6.10 Å². The number of hydrogen-bond acceptors (Lipinski definition) is 12. The Morgan fingerprint density at radius 2 is 1.29 bits per heavy atom. The van der Waals surface area contributed by atoms with Gasteiger partial charge in [0, 0.05) is 25.2 Å². The summed E-state index contributed by atoms with van der Waals surface area (Å²) < 4.78 is 32.7. The minimum absolute atomic E-state index is 0.00525. The predicted octanol–water partition coefficient (Wildman–Crippen LogP) is 8.60. The van der Waals surface area contributed by atoms with Crippen molar-refractivity contribution in [2.75, 3.05) is 26.4 Å². The van der Waals surface area contributed by atoms with E-state index < -0.39 is 76.7 Å². The molecule has 1 saturated carbocycles. The molecule has 0 aromatic rings. The minimum atomic E-state index is -4.70. The Kier molecular flexibility index (Phi) is 34.4. The van der Waals surface area contributed by atoms with Crippen LogP contribution in [0.4, 0.5) is 0 Å². The molecule has 0 aromatic carbocycles. The second-order valence-electron chi connectivity index (χ2n) is 15.7. The van der Waals surface area contributed by atoms with E-state index in [9.17, 15) is 39.5 Å². The van der Waals surface area contributed by atoms with Crippen LogP contribution >= 0.6 is 7.82 Å². The van der Waals surface area contributed by atoms with Crippen molar-refractivity contribution in [3.63, 3.8) is 0 Å². The van der Waals surface area contributed by atoms with Crippen LogP contribution in [0.2, 0.25) is 0 Å². The number of unbranched alkanes of at least 4 members (excludes halogenated alkanes) is 6. The third kappa shape index (κ3) is 31.0. The maximum absolute atomic E-state index is 12.7. The Balaban J connectivity index is 2.48.